The second-order valence-corrected chi connectivity index (χ2v) is 13.0. The normalized spacial score (nSPS) is 29.7. The van der Waals surface area contributed by atoms with E-state index in [2.05, 4.69) is 25.7 Å². The lowest BCUT2D eigenvalue weighted by atomic mass is 9.95. The first kappa shape index (κ1) is 25.1. The fourth-order valence-corrected chi connectivity index (χ4v) is 7.05. The summed E-state index contributed by atoms with van der Waals surface area (Å²) in [6, 6.07) is 4.10. The molecule has 1 amide bonds. The van der Waals surface area contributed by atoms with Crippen molar-refractivity contribution in [3.63, 3.8) is 0 Å². The van der Waals surface area contributed by atoms with Crippen LogP contribution in [0.15, 0.2) is 22.8 Å². The van der Waals surface area contributed by atoms with E-state index in [0.717, 1.165) is 53.4 Å². The SMILES string of the molecule is CC(C)(C)OC(=O)N1C2CCC1CN(c1cc(OCC34CCCN3C[C@H](F)C4)nc3cc(Br)cnc13)C2. The van der Waals surface area contributed by atoms with Gasteiger partial charge >= 0.3 is 6.09 Å². The maximum absolute atomic E-state index is 14.3. The number of hydrogen-bond acceptors (Lipinski definition) is 7. The van der Waals surface area contributed by atoms with Crippen LogP contribution < -0.4 is 9.64 Å². The summed E-state index contributed by atoms with van der Waals surface area (Å²) in [6.07, 6.45) is 5.23. The maximum atomic E-state index is 14.3. The van der Waals surface area contributed by atoms with Crippen LogP contribution in [-0.4, -0.2) is 88.0 Å². The predicted molar refractivity (Wildman–Crippen MR) is 143 cm³/mol. The van der Waals surface area contributed by atoms with Crippen molar-refractivity contribution in [2.24, 2.45) is 0 Å². The number of alkyl halides is 1. The van der Waals surface area contributed by atoms with Gasteiger partial charge in [0.05, 0.1) is 28.8 Å². The smallest absolute Gasteiger partial charge is 0.410 e. The summed E-state index contributed by atoms with van der Waals surface area (Å²) >= 11 is 3.53. The quantitative estimate of drug-likeness (QED) is 0.511. The monoisotopic (exact) mass is 575 g/mol. The first-order valence-electron chi connectivity index (χ1n) is 13.3. The predicted octanol–water partition coefficient (Wildman–Crippen LogP) is 4.94. The molecule has 37 heavy (non-hydrogen) atoms. The number of nitrogens with zero attached hydrogens (tertiary/aromatic N) is 5. The fraction of sp³-hybridized carbons (Fsp3) is 0.667. The Morgan fingerprint density at radius 3 is 2.70 bits per heavy atom. The van der Waals surface area contributed by atoms with Gasteiger partial charge in [0.25, 0.3) is 0 Å². The Kier molecular flexibility index (Phi) is 6.25. The van der Waals surface area contributed by atoms with Crippen molar-refractivity contribution >= 4 is 38.7 Å². The highest BCUT2D eigenvalue weighted by Crippen LogP contribution is 2.41. The summed E-state index contributed by atoms with van der Waals surface area (Å²) in [6.45, 7) is 8.98. The molecule has 4 fully saturated rings. The number of amides is 1. The van der Waals surface area contributed by atoms with Gasteiger partial charge in [-0.15, -0.1) is 0 Å². The van der Waals surface area contributed by atoms with Gasteiger partial charge in [-0.25, -0.2) is 14.2 Å². The van der Waals surface area contributed by atoms with Crippen LogP contribution in [0.1, 0.15) is 52.9 Å². The Balaban J connectivity index is 1.27. The third-order valence-corrected chi connectivity index (χ3v) is 8.68. The average Bonchev–Trinajstić information content (AvgIpc) is 3.43. The summed E-state index contributed by atoms with van der Waals surface area (Å²) in [5.74, 6) is 0.535. The summed E-state index contributed by atoms with van der Waals surface area (Å²) < 4.78 is 27.2. The Labute approximate surface area is 225 Å². The standard InChI is InChI=1S/C27H35BrFN5O3/c1-26(2,3)37-25(35)34-19-5-6-20(34)15-32(14-19)22-10-23(31-21-9-17(28)12-30-24(21)22)36-16-27-7-4-8-33(27)13-18(29)11-27/h9-10,12,18-20H,4-8,11,13-16H2,1-3H3/t18-,19?,20?,27?/m1/s1. The topological polar surface area (TPSA) is 71.0 Å². The van der Waals surface area contributed by atoms with Crippen LogP contribution >= 0.6 is 15.9 Å². The van der Waals surface area contributed by atoms with Crippen LogP contribution in [0.3, 0.4) is 0 Å². The Morgan fingerprint density at radius 1 is 1.22 bits per heavy atom. The van der Waals surface area contributed by atoms with Gasteiger partial charge in [-0.1, -0.05) is 0 Å². The molecule has 4 saturated heterocycles. The van der Waals surface area contributed by atoms with Gasteiger partial charge < -0.3 is 14.4 Å². The molecule has 0 saturated carbocycles. The minimum absolute atomic E-state index is 0.0857. The fourth-order valence-electron chi connectivity index (χ4n) is 6.73. The van der Waals surface area contributed by atoms with E-state index in [1.54, 1.807) is 6.20 Å². The van der Waals surface area contributed by atoms with Crippen molar-refractivity contribution < 1.29 is 18.7 Å². The van der Waals surface area contributed by atoms with E-state index in [1.807, 2.05) is 37.8 Å². The molecule has 2 bridgehead atoms. The van der Waals surface area contributed by atoms with Gasteiger partial charge in [-0.3, -0.25) is 14.8 Å². The molecule has 0 spiro atoms. The molecule has 200 valence electrons. The largest absolute Gasteiger partial charge is 0.476 e. The highest BCUT2D eigenvalue weighted by molar-refractivity contribution is 9.10. The molecule has 2 aromatic rings. The molecule has 4 atom stereocenters. The summed E-state index contributed by atoms with van der Waals surface area (Å²) in [4.78, 5) is 28.9. The number of halogens is 2. The molecular weight excluding hydrogens is 541 g/mol. The number of ether oxygens (including phenoxy) is 2. The van der Waals surface area contributed by atoms with Crippen LogP contribution in [0.2, 0.25) is 0 Å². The molecule has 0 aromatic carbocycles. The zero-order valence-corrected chi connectivity index (χ0v) is 23.3. The zero-order valence-electron chi connectivity index (χ0n) is 21.8. The van der Waals surface area contributed by atoms with Crippen molar-refractivity contribution in [1.29, 1.82) is 0 Å². The van der Waals surface area contributed by atoms with E-state index < -0.39 is 11.8 Å². The summed E-state index contributed by atoms with van der Waals surface area (Å²) in [5, 5.41) is 0. The van der Waals surface area contributed by atoms with Gasteiger partial charge in [0.1, 0.15) is 23.9 Å². The van der Waals surface area contributed by atoms with Crippen molar-refractivity contribution in [2.45, 2.75) is 82.3 Å². The molecular formula is C27H35BrFN5O3. The molecule has 4 aliphatic heterocycles. The van der Waals surface area contributed by atoms with Gasteiger partial charge in [-0.2, -0.15) is 0 Å². The van der Waals surface area contributed by atoms with E-state index in [9.17, 15) is 9.18 Å². The van der Waals surface area contributed by atoms with Crippen LogP contribution in [0, 0.1) is 0 Å². The molecule has 0 N–H and O–H groups in total. The van der Waals surface area contributed by atoms with Gasteiger partial charge in [0.15, 0.2) is 0 Å². The number of piperazine rings is 1. The van der Waals surface area contributed by atoms with E-state index >= 15 is 0 Å². The number of aromatic nitrogens is 2. The minimum Gasteiger partial charge on any atom is -0.476 e. The lowest BCUT2D eigenvalue weighted by Gasteiger charge is -2.42. The molecule has 8 nitrogen and oxygen atoms in total. The number of fused-ring (bicyclic) bond motifs is 4. The molecule has 6 rings (SSSR count). The molecule has 6 heterocycles. The molecule has 10 heteroatoms. The van der Waals surface area contributed by atoms with Crippen molar-refractivity contribution in [2.75, 3.05) is 37.7 Å². The molecule has 4 aliphatic rings. The van der Waals surface area contributed by atoms with E-state index in [1.165, 1.54) is 0 Å². The number of pyridine rings is 2. The lowest BCUT2D eigenvalue weighted by molar-refractivity contribution is 0.0123. The second-order valence-electron chi connectivity index (χ2n) is 12.0. The Morgan fingerprint density at radius 2 is 1.97 bits per heavy atom. The lowest BCUT2D eigenvalue weighted by Crippen LogP contribution is -2.56. The summed E-state index contributed by atoms with van der Waals surface area (Å²) in [5.41, 5.74) is 1.77. The maximum Gasteiger partial charge on any atom is 0.410 e. The number of rotatable bonds is 4. The van der Waals surface area contributed by atoms with Crippen LogP contribution in [0.25, 0.3) is 11.0 Å². The summed E-state index contributed by atoms with van der Waals surface area (Å²) in [7, 11) is 0. The molecule has 0 aliphatic carbocycles. The molecule has 2 aromatic heterocycles. The molecule has 3 unspecified atom stereocenters. The van der Waals surface area contributed by atoms with E-state index in [0.29, 0.717) is 38.5 Å². The minimum atomic E-state index is -0.791. The van der Waals surface area contributed by atoms with Crippen molar-refractivity contribution in [3.8, 4) is 5.88 Å². The second kappa shape index (κ2) is 9.22. The number of anilines is 1. The molecule has 0 radical (unpaired) electrons. The highest BCUT2D eigenvalue weighted by Gasteiger charge is 2.49. The van der Waals surface area contributed by atoms with E-state index in [-0.39, 0.29) is 23.7 Å². The average molecular weight is 577 g/mol. The van der Waals surface area contributed by atoms with Gasteiger partial charge in [-0.05, 0) is 75.0 Å². The van der Waals surface area contributed by atoms with Crippen molar-refractivity contribution in [3.05, 3.63) is 22.8 Å². The first-order chi connectivity index (χ1) is 17.6. The number of hydrogen-bond donors (Lipinski definition) is 0. The van der Waals surface area contributed by atoms with Crippen LogP contribution in [0.4, 0.5) is 14.9 Å². The zero-order chi connectivity index (χ0) is 25.9. The van der Waals surface area contributed by atoms with E-state index in [4.69, 9.17) is 19.4 Å². The number of carbonyl (C=O) groups is 1. The van der Waals surface area contributed by atoms with Crippen LogP contribution in [0.5, 0.6) is 5.88 Å². The Hall–Kier alpha value is -2.20. The first-order valence-corrected chi connectivity index (χ1v) is 14.1. The third-order valence-electron chi connectivity index (χ3n) is 8.24. The third kappa shape index (κ3) is 4.75. The number of carbonyl (C=O) groups excluding carboxylic acids is 1. The van der Waals surface area contributed by atoms with Gasteiger partial charge in [0, 0.05) is 42.8 Å². The Bertz CT molecular complexity index is 1190. The van der Waals surface area contributed by atoms with Crippen molar-refractivity contribution in [1.82, 2.24) is 19.8 Å². The van der Waals surface area contributed by atoms with Gasteiger partial charge in [0.2, 0.25) is 5.88 Å². The van der Waals surface area contributed by atoms with Crippen LogP contribution in [-0.2, 0) is 4.74 Å². The highest BCUT2D eigenvalue weighted by atomic mass is 79.9.